The number of nitrogen functional groups attached to an aromatic ring is 1. The number of carbonyl (C=O) groups is 1. The molecule has 1 aliphatic rings. The molecule has 1 fully saturated rings. The summed E-state index contributed by atoms with van der Waals surface area (Å²) in [5.74, 6) is 0.565. The van der Waals surface area contributed by atoms with Gasteiger partial charge in [0.25, 0.3) is 5.91 Å². The molecular weight excluding hydrogens is 242 g/mol. The second-order valence-corrected chi connectivity index (χ2v) is 5.27. The highest BCUT2D eigenvalue weighted by Crippen LogP contribution is 2.36. The van der Waals surface area contributed by atoms with Crippen molar-refractivity contribution < 1.29 is 9.53 Å². The SMILES string of the molecule is CN(C)C(=O)C1(Oc2ccncc2N)CCCCC1. The summed E-state index contributed by atoms with van der Waals surface area (Å²) < 4.78 is 6.04. The van der Waals surface area contributed by atoms with Gasteiger partial charge >= 0.3 is 0 Å². The van der Waals surface area contributed by atoms with E-state index in [4.69, 9.17) is 10.5 Å². The van der Waals surface area contributed by atoms with Crippen LogP contribution < -0.4 is 10.5 Å². The molecule has 1 aromatic heterocycles. The van der Waals surface area contributed by atoms with Crippen LogP contribution in [-0.2, 0) is 4.79 Å². The zero-order valence-electron chi connectivity index (χ0n) is 11.6. The molecule has 0 aliphatic heterocycles. The molecule has 104 valence electrons. The van der Waals surface area contributed by atoms with E-state index in [1.807, 2.05) is 0 Å². The van der Waals surface area contributed by atoms with E-state index < -0.39 is 5.60 Å². The van der Waals surface area contributed by atoms with Crippen LogP contribution in [0.4, 0.5) is 5.69 Å². The zero-order valence-corrected chi connectivity index (χ0v) is 11.6. The third-order valence-corrected chi connectivity index (χ3v) is 3.57. The minimum Gasteiger partial charge on any atom is -0.475 e. The molecule has 0 saturated heterocycles. The first-order valence-corrected chi connectivity index (χ1v) is 6.65. The third kappa shape index (κ3) is 2.80. The second-order valence-electron chi connectivity index (χ2n) is 5.27. The van der Waals surface area contributed by atoms with Crippen LogP contribution in [0.5, 0.6) is 5.75 Å². The maximum Gasteiger partial charge on any atom is 0.266 e. The number of pyridine rings is 1. The number of carbonyl (C=O) groups excluding carboxylic acids is 1. The van der Waals surface area contributed by atoms with Crippen molar-refractivity contribution in [2.24, 2.45) is 0 Å². The molecular formula is C14H21N3O2. The normalized spacial score (nSPS) is 17.8. The summed E-state index contributed by atoms with van der Waals surface area (Å²) in [6, 6.07) is 1.72. The first-order valence-electron chi connectivity index (χ1n) is 6.65. The van der Waals surface area contributed by atoms with Gasteiger partial charge in [0, 0.05) is 26.4 Å². The van der Waals surface area contributed by atoms with Crippen LogP contribution in [0.15, 0.2) is 18.5 Å². The van der Waals surface area contributed by atoms with Crippen molar-refractivity contribution in [3.8, 4) is 5.75 Å². The van der Waals surface area contributed by atoms with Crippen molar-refractivity contribution in [2.75, 3.05) is 19.8 Å². The maximum absolute atomic E-state index is 12.5. The summed E-state index contributed by atoms with van der Waals surface area (Å²) >= 11 is 0. The summed E-state index contributed by atoms with van der Waals surface area (Å²) in [7, 11) is 3.52. The summed E-state index contributed by atoms with van der Waals surface area (Å²) in [6.45, 7) is 0. The van der Waals surface area contributed by atoms with Gasteiger partial charge in [-0.3, -0.25) is 9.78 Å². The average Bonchev–Trinajstić information content (AvgIpc) is 2.41. The molecule has 1 amide bonds. The van der Waals surface area contributed by atoms with Crippen LogP contribution in [0, 0.1) is 0 Å². The van der Waals surface area contributed by atoms with Gasteiger partial charge in [0.2, 0.25) is 0 Å². The Bertz CT molecular complexity index is 454. The smallest absolute Gasteiger partial charge is 0.266 e. The Morgan fingerprint density at radius 1 is 1.37 bits per heavy atom. The molecule has 0 bridgehead atoms. The van der Waals surface area contributed by atoms with Gasteiger partial charge in [0.15, 0.2) is 5.60 Å². The van der Waals surface area contributed by atoms with Crippen molar-refractivity contribution in [3.05, 3.63) is 18.5 Å². The van der Waals surface area contributed by atoms with Crippen molar-refractivity contribution in [3.63, 3.8) is 0 Å². The van der Waals surface area contributed by atoms with E-state index in [-0.39, 0.29) is 5.91 Å². The van der Waals surface area contributed by atoms with E-state index in [1.165, 1.54) is 0 Å². The Balaban J connectivity index is 2.28. The van der Waals surface area contributed by atoms with Gasteiger partial charge in [0.1, 0.15) is 5.75 Å². The number of aromatic nitrogens is 1. The number of ether oxygens (including phenoxy) is 1. The summed E-state index contributed by atoms with van der Waals surface area (Å²) in [5.41, 5.74) is 5.57. The minimum absolute atomic E-state index is 0.0170. The number of nitrogens with two attached hydrogens (primary N) is 1. The van der Waals surface area contributed by atoms with Crippen LogP contribution in [0.3, 0.4) is 0 Å². The lowest BCUT2D eigenvalue weighted by atomic mass is 9.83. The maximum atomic E-state index is 12.5. The molecule has 2 N–H and O–H groups in total. The van der Waals surface area contributed by atoms with Crippen molar-refractivity contribution >= 4 is 11.6 Å². The van der Waals surface area contributed by atoms with E-state index in [1.54, 1.807) is 37.5 Å². The number of nitrogens with zero attached hydrogens (tertiary/aromatic N) is 2. The molecule has 1 aromatic rings. The van der Waals surface area contributed by atoms with E-state index in [0.717, 1.165) is 32.1 Å². The predicted molar refractivity (Wildman–Crippen MR) is 73.8 cm³/mol. The number of hydrogen-bond donors (Lipinski definition) is 1. The molecule has 1 saturated carbocycles. The molecule has 2 rings (SSSR count). The van der Waals surface area contributed by atoms with Gasteiger partial charge in [-0.2, -0.15) is 0 Å². The van der Waals surface area contributed by atoms with Crippen molar-refractivity contribution in [1.29, 1.82) is 0 Å². The molecule has 0 aromatic carbocycles. The number of anilines is 1. The number of amides is 1. The molecule has 1 heterocycles. The average molecular weight is 263 g/mol. The lowest BCUT2D eigenvalue weighted by molar-refractivity contribution is -0.148. The number of likely N-dealkylation sites (N-methyl/N-ethyl adjacent to an activating group) is 1. The highest BCUT2D eigenvalue weighted by atomic mass is 16.5. The highest BCUT2D eigenvalue weighted by Gasteiger charge is 2.43. The number of rotatable bonds is 3. The van der Waals surface area contributed by atoms with E-state index in [0.29, 0.717) is 11.4 Å². The summed E-state index contributed by atoms with van der Waals surface area (Å²) in [6.07, 6.45) is 7.82. The zero-order chi connectivity index (χ0) is 13.9. The van der Waals surface area contributed by atoms with Gasteiger partial charge in [-0.25, -0.2) is 0 Å². The first-order chi connectivity index (χ1) is 9.05. The molecule has 1 aliphatic carbocycles. The van der Waals surface area contributed by atoms with E-state index >= 15 is 0 Å². The van der Waals surface area contributed by atoms with Crippen LogP contribution in [-0.4, -0.2) is 35.5 Å². The Hall–Kier alpha value is -1.78. The van der Waals surface area contributed by atoms with E-state index in [2.05, 4.69) is 4.98 Å². The first kappa shape index (κ1) is 13.6. The fraction of sp³-hybridized carbons (Fsp3) is 0.571. The molecule has 0 atom stereocenters. The molecule has 19 heavy (non-hydrogen) atoms. The fourth-order valence-electron chi connectivity index (χ4n) is 2.59. The third-order valence-electron chi connectivity index (χ3n) is 3.57. The molecule has 5 heteroatoms. The summed E-state index contributed by atoms with van der Waals surface area (Å²) in [5, 5.41) is 0. The molecule has 5 nitrogen and oxygen atoms in total. The van der Waals surface area contributed by atoms with Gasteiger partial charge in [0.05, 0.1) is 11.9 Å². The van der Waals surface area contributed by atoms with Crippen molar-refractivity contribution in [2.45, 2.75) is 37.7 Å². The monoisotopic (exact) mass is 263 g/mol. The van der Waals surface area contributed by atoms with Crippen LogP contribution in [0.2, 0.25) is 0 Å². The quantitative estimate of drug-likeness (QED) is 0.903. The Labute approximate surface area is 113 Å². The minimum atomic E-state index is -0.767. The fourth-order valence-corrected chi connectivity index (χ4v) is 2.59. The van der Waals surface area contributed by atoms with Crippen LogP contribution in [0.25, 0.3) is 0 Å². The molecule has 0 spiro atoms. The Morgan fingerprint density at radius 2 is 2.05 bits per heavy atom. The Morgan fingerprint density at radius 3 is 2.63 bits per heavy atom. The standard InChI is InChI=1S/C14H21N3O2/c1-17(2)13(18)14(7-4-3-5-8-14)19-12-6-9-16-10-11(12)15/h6,9-10H,3-5,7-8,15H2,1-2H3. The highest BCUT2D eigenvalue weighted by molar-refractivity contribution is 5.85. The van der Waals surface area contributed by atoms with Gasteiger partial charge in [-0.05, 0) is 25.7 Å². The Kier molecular flexibility index (Phi) is 3.93. The number of hydrogen-bond acceptors (Lipinski definition) is 4. The van der Waals surface area contributed by atoms with Gasteiger partial charge in [-0.1, -0.05) is 6.42 Å². The second kappa shape index (κ2) is 5.47. The summed E-state index contributed by atoms with van der Waals surface area (Å²) in [4.78, 5) is 18.0. The van der Waals surface area contributed by atoms with Gasteiger partial charge < -0.3 is 15.4 Å². The predicted octanol–water partition coefficient (Wildman–Crippen LogP) is 1.83. The van der Waals surface area contributed by atoms with Gasteiger partial charge in [-0.15, -0.1) is 0 Å². The largest absolute Gasteiger partial charge is 0.475 e. The van der Waals surface area contributed by atoms with E-state index in [9.17, 15) is 4.79 Å². The molecule has 0 radical (unpaired) electrons. The topological polar surface area (TPSA) is 68.5 Å². The molecule has 0 unspecified atom stereocenters. The van der Waals surface area contributed by atoms with Crippen LogP contribution >= 0.6 is 0 Å². The van der Waals surface area contributed by atoms with Crippen molar-refractivity contribution in [1.82, 2.24) is 9.88 Å². The van der Waals surface area contributed by atoms with Crippen LogP contribution in [0.1, 0.15) is 32.1 Å². The lowest BCUT2D eigenvalue weighted by Crippen LogP contribution is -2.52. The lowest BCUT2D eigenvalue weighted by Gasteiger charge is -2.38.